The number of hydrogen-bond donors (Lipinski definition) is 1. The third-order valence-corrected chi connectivity index (χ3v) is 4.58. The van der Waals surface area contributed by atoms with Crippen LogP contribution in [0.2, 0.25) is 5.02 Å². The Kier molecular flexibility index (Phi) is 5.65. The largest absolute Gasteiger partial charge is 0.451 e. The van der Waals surface area contributed by atoms with Crippen molar-refractivity contribution in [1.82, 2.24) is 4.98 Å². The summed E-state index contributed by atoms with van der Waals surface area (Å²) in [4.78, 5) is 28.2. The van der Waals surface area contributed by atoms with Gasteiger partial charge in [-0.2, -0.15) is 0 Å². The standard InChI is InChI=1S/C19H15ClN2O3S/c1-12-5-7-15(8-6-12)21-17(23)10-25-19(24)16-11-26-18(22-16)13-3-2-4-14(20)9-13/h2-9,11H,10H2,1H3,(H,21,23). The van der Waals surface area contributed by atoms with Gasteiger partial charge in [0.15, 0.2) is 12.3 Å². The molecule has 0 saturated carbocycles. The summed E-state index contributed by atoms with van der Waals surface area (Å²) in [5.74, 6) is -1.05. The number of esters is 1. The summed E-state index contributed by atoms with van der Waals surface area (Å²) in [6.45, 7) is 1.58. The topological polar surface area (TPSA) is 68.3 Å². The molecule has 0 bridgehead atoms. The Morgan fingerprint density at radius 3 is 2.69 bits per heavy atom. The van der Waals surface area contributed by atoms with E-state index < -0.39 is 11.9 Å². The highest BCUT2D eigenvalue weighted by molar-refractivity contribution is 7.13. The lowest BCUT2D eigenvalue weighted by Gasteiger charge is -2.06. The van der Waals surface area contributed by atoms with Crippen LogP contribution in [-0.2, 0) is 9.53 Å². The Morgan fingerprint density at radius 2 is 1.96 bits per heavy atom. The molecule has 0 saturated heterocycles. The predicted octanol–water partition coefficient (Wildman–Crippen LogP) is 4.57. The molecule has 2 aromatic carbocycles. The van der Waals surface area contributed by atoms with Gasteiger partial charge in [0.25, 0.3) is 5.91 Å². The first-order chi connectivity index (χ1) is 12.5. The zero-order valence-electron chi connectivity index (χ0n) is 13.9. The molecule has 0 aliphatic heterocycles. The fourth-order valence-corrected chi connectivity index (χ4v) is 3.14. The maximum Gasteiger partial charge on any atom is 0.358 e. The number of nitrogens with one attached hydrogen (secondary N) is 1. The molecule has 1 amide bonds. The van der Waals surface area contributed by atoms with E-state index in [0.717, 1.165) is 11.1 Å². The first kappa shape index (κ1) is 18.1. The van der Waals surface area contributed by atoms with Crippen LogP contribution in [0.5, 0.6) is 0 Å². The fraction of sp³-hybridized carbons (Fsp3) is 0.105. The van der Waals surface area contributed by atoms with Gasteiger partial charge in [0, 0.05) is 21.7 Å². The van der Waals surface area contributed by atoms with Crippen molar-refractivity contribution in [3.8, 4) is 10.6 Å². The molecule has 3 rings (SSSR count). The highest BCUT2D eigenvalue weighted by Crippen LogP contribution is 2.26. The van der Waals surface area contributed by atoms with E-state index in [4.69, 9.17) is 16.3 Å². The quantitative estimate of drug-likeness (QED) is 0.652. The zero-order valence-corrected chi connectivity index (χ0v) is 15.4. The Balaban J connectivity index is 1.57. The van der Waals surface area contributed by atoms with Crippen molar-refractivity contribution in [2.45, 2.75) is 6.92 Å². The number of nitrogens with zero attached hydrogens (tertiary/aromatic N) is 1. The molecule has 1 N–H and O–H groups in total. The number of ether oxygens (including phenoxy) is 1. The SMILES string of the molecule is Cc1ccc(NC(=O)COC(=O)c2csc(-c3cccc(Cl)c3)n2)cc1. The van der Waals surface area contributed by atoms with Gasteiger partial charge in [0.05, 0.1) is 0 Å². The van der Waals surface area contributed by atoms with Crippen molar-refractivity contribution in [3.63, 3.8) is 0 Å². The van der Waals surface area contributed by atoms with E-state index in [2.05, 4.69) is 10.3 Å². The molecule has 132 valence electrons. The number of carbonyl (C=O) groups is 2. The molecule has 1 heterocycles. The van der Waals surface area contributed by atoms with E-state index in [0.29, 0.717) is 15.7 Å². The lowest BCUT2D eigenvalue weighted by atomic mass is 10.2. The molecule has 0 unspecified atom stereocenters. The summed E-state index contributed by atoms with van der Waals surface area (Å²) in [6.07, 6.45) is 0. The van der Waals surface area contributed by atoms with E-state index in [1.807, 2.05) is 31.2 Å². The average Bonchev–Trinajstić information content (AvgIpc) is 3.12. The Labute approximate surface area is 159 Å². The highest BCUT2D eigenvalue weighted by Gasteiger charge is 2.15. The Bertz CT molecular complexity index is 938. The molecule has 5 nitrogen and oxygen atoms in total. The van der Waals surface area contributed by atoms with Gasteiger partial charge < -0.3 is 10.1 Å². The van der Waals surface area contributed by atoms with Gasteiger partial charge >= 0.3 is 5.97 Å². The van der Waals surface area contributed by atoms with Gasteiger partial charge in [0.2, 0.25) is 0 Å². The Morgan fingerprint density at radius 1 is 1.19 bits per heavy atom. The van der Waals surface area contributed by atoms with Gasteiger partial charge in [0.1, 0.15) is 5.01 Å². The van der Waals surface area contributed by atoms with Gasteiger partial charge in [-0.25, -0.2) is 9.78 Å². The van der Waals surface area contributed by atoms with Crippen LogP contribution in [0.3, 0.4) is 0 Å². The lowest BCUT2D eigenvalue weighted by Crippen LogP contribution is -2.21. The molecular formula is C19H15ClN2O3S. The van der Waals surface area contributed by atoms with Crippen LogP contribution in [-0.4, -0.2) is 23.5 Å². The van der Waals surface area contributed by atoms with Crippen LogP contribution in [0.1, 0.15) is 16.1 Å². The molecule has 26 heavy (non-hydrogen) atoms. The zero-order chi connectivity index (χ0) is 18.5. The lowest BCUT2D eigenvalue weighted by molar-refractivity contribution is -0.119. The second-order valence-corrected chi connectivity index (χ2v) is 6.83. The molecular weight excluding hydrogens is 372 g/mol. The molecule has 3 aromatic rings. The van der Waals surface area contributed by atoms with Crippen molar-refractivity contribution < 1.29 is 14.3 Å². The maximum absolute atomic E-state index is 12.1. The highest BCUT2D eigenvalue weighted by atomic mass is 35.5. The van der Waals surface area contributed by atoms with E-state index in [9.17, 15) is 9.59 Å². The van der Waals surface area contributed by atoms with Crippen molar-refractivity contribution in [3.05, 3.63) is 70.2 Å². The van der Waals surface area contributed by atoms with Crippen LogP contribution in [0.25, 0.3) is 10.6 Å². The molecule has 7 heteroatoms. The number of hydrogen-bond acceptors (Lipinski definition) is 5. The van der Waals surface area contributed by atoms with Crippen LogP contribution in [0, 0.1) is 6.92 Å². The van der Waals surface area contributed by atoms with Gasteiger partial charge in [-0.05, 0) is 31.2 Å². The van der Waals surface area contributed by atoms with E-state index in [1.165, 1.54) is 11.3 Å². The van der Waals surface area contributed by atoms with Crippen LogP contribution in [0.4, 0.5) is 5.69 Å². The number of benzene rings is 2. The molecule has 0 spiro atoms. The molecule has 1 aromatic heterocycles. The molecule has 0 atom stereocenters. The summed E-state index contributed by atoms with van der Waals surface area (Å²) < 4.78 is 5.03. The number of aryl methyl sites for hydroxylation is 1. The minimum Gasteiger partial charge on any atom is -0.451 e. The molecule has 0 fully saturated rings. The number of thiazole rings is 1. The van der Waals surface area contributed by atoms with Crippen LogP contribution < -0.4 is 5.32 Å². The number of amides is 1. The minimum absolute atomic E-state index is 0.160. The summed E-state index contributed by atoms with van der Waals surface area (Å²) in [7, 11) is 0. The monoisotopic (exact) mass is 386 g/mol. The van der Waals surface area contributed by atoms with E-state index >= 15 is 0 Å². The van der Waals surface area contributed by atoms with Gasteiger partial charge in [-0.1, -0.05) is 41.4 Å². The first-order valence-corrected chi connectivity index (χ1v) is 9.02. The number of anilines is 1. The summed E-state index contributed by atoms with van der Waals surface area (Å²) in [5.41, 5.74) is 2.72. The molecule has 0 aliphatic rings. The summed E-state index contributed by atoms with van der Waals surface area (Å²) >= 11 is 7.27. The Hall–Kier alpha value is -2.70. The second kappa shape index (κ2) is 8.12. The number of halogens is 1. The summed E-state index contributed by atoms with van der Waals surface area (Å²) in [5, 5.41) is 5.51. The minimum atomic E-state index is -0.645. The number of aromatic nitrogens is 1. The smallest absolute Gasteiger partial charge is 0.358 e. The normalized spacial score (nSPS) is 10.4. The average molecular weight is 387 g/mol. The predicted molar refractivity (Wildman–Crippen MR) is 103 cm³/mol. The third kappa shape index (κ3) is 4.68. The maximum atomic E-state index is 12.1. The molecule has 0 aliphatic carbocycles. The second-order valence-electron chi connectivity index (χ2n) is 5.54. The van der Waals surface area contributed by atoms with E-state index in [-0.39, 0.29) is 12.3 Å². The summed E-state index contributed by atoms with van der Waals surface area (Å²) in [6, 6.07) is 14.5. The van der Waals surface area contributed by atoms with Crippen LogP contribution in [0.15, 0.2) is 53.9 Å². The van der Waals surface area contributed by atoms with Crippen molar-refractivity contribution in [2.24, 2.45) is 0 Å². The molecule has 0 radical (unpaired) electrons. The van der Waals surface area contributed by atoms with Crippen LogP contribution >= 0.6 is 22.9 Å². The van der Waals surface area contributed by atoms with Crippen molar-refractivity contribution >= 4 is 40.5 Å². The van der Waals surface area contributed by atoms with Gasteiger partial charge in [-0.15, -0.1) is 11.3 Å². The van der Waals surface area contributed by atoms with E-state index in [1.54, 1.807) is 29.6 Å². The fourth-order valence-electron chi connectivity index (χ4n) is 2.16. The van der Waals surface area contributed by atoms with Crippen molar-refractivity contribution in [2.75, 3.05) is 11.9 Å². The first-order valence-electron chi connectivity index (χ1n) is 7.76. The van der Waals surface area contributed by atoms with Crippen molar-refractivity contribution in [1.29, 1.82) is 0 Å². The number of carbonyl (C=O) groups excluding carboxylic acids is 2. The third-order valence-electron chi connectivity index (χ3n) is 3.45. The van der Waals surface area contributed by atoms with Gasteiger partial charge in [-0.3, -0.25) is 4.79 Å². The number of rotatable bonds is 5.